The van der Waals surface area contributed by atoms with Crippen LogP contribution in [0, 0.1) is 5.92 Å². The Morgan fingerprint density at radius 2 is 1.16 bits per heavy atom. The van der Waals surface area contributed by atoms with Gasteiger partial charge in [-0.15, -0.1) is 0 Å². The third-order valence-electron chi connectivity index (χ3n) is 11.2. The molecule has 24 nitrogen and oxygen atoms in total. The fourth-order valence-electron chi connectivity index (χ4n) is 7.90. The van der Waals surface area contributed by atoms with Crippen LogP contribution in [0.25, 0.3) is 33.8 Å². The smallest absolute Gasteiger partial charge is 0.387 e. The Morgan fingerprint density at radius 3 is 1.62 bits per heavy atom. The summed E-state index contributed by atoms with van der Waals surface area (Å²) in [5.41, 5.74) is 8.04. The first kappa shape index (κ1) is 49.9. The number of carbonyl (C=O) groups is 2. The Labute approximate surface area is 426 Å². The minimum atomic E-state index is -3.08. The van der Waals surface area contributed by atoms with Gasteiger partial charge in [-0.3, -0.25) is 28.3 Å². The maximum Gasteiger partial charge on any atom is 0.387 e. The molecule has 390 valence electrons. The Kier molecular flexibility index (Phi) is 14.3. The highest BCUT2D eigenvalue weighted by molar-refractivity contribution is 6.10. The first-order valence-corrected chi connectivity index (χ1v) is 23.0. The number of aryl methyl sites for hydroxylation is 2. The first-order valence-electron chi connectivity index (χ1n) is 23.0. The molecule has 0 saturated carbocycles. The summed E-state index contributed by atoms with van der Waals surface area (Å²) in [6.45, 7) is -3.14. The summed E-state index contributed by atoms with van der Waals surface area (Å²) < 4.78 is 88.7. The summed E-state index contributed by atoms with van der Waals surface area (Å²) in [5, 5.41) is 31.0. The van der Waals surface area contributed by atoms with Gasteiger partial charge in [0.15, 0.2) is 22.8 Å². The van der Waals surface area contributed by atoms with Gasteiger partial charge in [0.25, 0.3) is 11.8 Å². The van der Waals surface area contributed by atoms with E-state index in [-0.39, 0.29) is 56.5 Å². The number of halogens is 4. The third kappa shape index (κ3) is 11.3. The predicted molar refractivity (Wildman–Crippen MR) is 260 cm³/mol. The Morgan fingerprint density at radius 1 is 0.671 bits per heavy atom. The number of carbonyl (C=O) groups excluding carboxylic acids is 2. The molecule has 1 aliphatic heterocycles. The highest BCUT2D eigenvalue weighted by Gasteiger charge is 2.25. The molecular weight excluding hydrogens is 1000 g/mol. The van der Waals surface area contributed by atoms with E-state index in [1.807, 2.05) is 0 Å². The number of nitrogens with one attached hydrogen (secondary N) is 2. The molecule has 0 atom stereocenters. The number of nitrogens with zero attached hydrogens (tertiary/aromatic N) is 14. The summed E-state index contributed by atoms with van der Waals surface area (Å²) in [6.07, 6.45) is 18.8. The average molecular weight is 1050 g/mol. The normalized spacial score (nSPS) is 12.4. The molecule has 1 fully saturated rings. The summed E-state index contributed by atoms with van der Waals surface area (Å²) in [5.74, 6) is 0.690. The SMILES string of the molecule is Cn1cc(NC(=O)c2cnn3cccnc23)c(-c2cc(Oc3cnn(CC4COC4)c3)ccc2OC(F)F)n1.Cn1cc(NC(=O)c2cnn3cccnc23)c(-c2cc(Oc3cnn(CCN)c3)ccc2OC(F)F)n1. The van der Waals surface area contributed by atoms with Crippen molar-refractivity contribution in [1.29, 1.82) is 0 Å². The van der Waals surface area contributed by atoms with Crippen molar-refractivity contribution in [3.8, 4) is 57.0 Å². The van der Waals surface area contributed by atoms with Crippen molar-refractivity contribution in [3.63, 3.8) is 0 Å². The predicted octanol–water partition coefficient (Wildman–Crippen LogP) is 6.55. The lowest BCUT2D eigenvalue weighted by atomic mass is 10.1. The van der Waals surface area contributed by atoms with E-state index in [1.54, 1.807) is 91.4 Å². The van der Waals surface area contributed by atoms with Gasteiger partial charge in [0, 0.05) is 70.3 Å². The molecule has 28 heteroatoms. The molecule has 76 heavy (non-hydrogen) atoms. The van der Waals surface area contributed by atoms with Crippen LogP contribution in [0.1, 0.15) is 20.7 Å². The largest absolute Gasteiger partial charge is 0.454 e. The van der Waals surface area contributed by atoms with Crippen LogP contribution in [-0.4, -0.2) is 113 Å². The van der Waals surface area contributed by atoms with Crippen molar-refractivity contribution >= 4 is 34.5 Å². The molecule has 4 N–H and O–H groups in total. The van der Waals surface area contributed by atoms with E-state index in [9.17, 15) is 27.2 Å². The second-order valence-corrected chi connectivity index (χ2v) is 16.7. The number of aromatic nitrogens is 14. The number of ether oxygens (including phenoxy) is 5. The van der Waals surface area contributed by atoms with E-state index < -0.39 is 25.0 Å². The number of hydrogen-bond acceptors (Lipinski definition) is 16. The minimum absolute atomic E-state index is 0.134. The molecule has 2 amide bonds. The zero-order valence-corrected chi connectivity index (χ0v) is 40.0. The molecule has 0 spiro atoms. The summed E-state index contributed by atoms with van der Waals surface area (Å²) in [6, 6.07) is 12.1. The van der Waals surface area contributed by atoms with Crippen molar-refractivity contribution < 1.29 is 50.8 Å². The zero-order valence-electron chi connectivity index (χ0n) is 40.0. The topological polar surface area (TPSA) is 262 Å². The fourth-order valence-corrected chi connectivity index (χ4v) is 7.90. The van der Waals surface area contributed by atoms with Crippen molar-refractivity contribution in [3.05, 3.63) is 134 Å². The molecule has 9 heterocycles. The highest BCUT2D eigenvalue weighted by Crippen LogP contribution is 2.40. The lowest BCUT2D eigenvalue weighted by Gasteiger charge is -2.25. The van der Waals surface area contributed by atoms with Gasteiger partial charge in [-0.05, 0) is 48.5 Å². The summed E-state index contributed by atoms with van der Waals surface area (Å²) in [7, 11) is 3.28. The number of alkyl halides is 4. The Balaban J connectivity index is 0.000000173. The van der Waals surface area contributed by atoms with Crippen LogP contribution < -0.4 is 35.3 Å². The van der Waals surface area contributed by atoms with Gasteiger partial charge in [-0.2, -0.15) is 48.2 Å². The lowest BCUT2D eigenvalue weighted by molar-refractivity contribution is -0.0501. The van der Waals surface area contributed by atoms with Crippen LogP contribution in [-0.2, 0) is 31.9 Å². The lowest BCUT2D eigenvalue weighted by Crippen LogP contribution is -2.31. The number of rotatable bonds is 18. The monoisotopic (exact) mass is 1050 g/mol. The number of benzene rings is 2. The molecule has 1 saturated heterocycles. The average Bonchev–Trinajstić information content (AvgIpc) is 4.27. The van der Waals surface area contributed by atoms with E-state index in [2.05, 4.69) is 51.2 Å². The Bertz CT molecular complexity index is 3680. The van der Waals surface area contributed by atoms with Gasteiger partial charge >= 0.3 is 13.2 Å². The maximum absolute atomic E-state index is 13.3. The van der Waals surface area contributed by atoms with Crippen molar-refractivity contribution in [2.24, 2.45) is 25.7 Å². The van der Waals surface area contributed by atoms with Crippen LogP contribution in [0.2, 0.25) is 0 Å². The fraction of sp³-hybridized carbons (Fsp3) is 0.208. The molecule has 8 aromatic heterocycles. The van der Waals surface area contributed by atoms with Crippen LogP contribution in [0.4, 0.5) is 28.9 Å². The summed E-state index contributed by atoms with van der Waals surface area (Å²) >= 11 is 0. The quantitative estimate of drug-likeness (QED) is 0.0770. The van der Waals surface area contributed by atoms with Gasteiger partial charge < -0.3 is 40.1 Å². The van der Waals surface area contributed by atoms with E-state index >= 15 is 0 Å². The van der Waals surface area contributed by atoms with Crippen molar-refractivity contribution in [1.82, 2.24) is 68.3 Å². The molecule has 10 aromatic rings. The van der Waals surface area contributed by atoms with Crippen molar-refractivity contribution in [2.45, 2.75) is 26.3 Å². The number of fused-ring (bicyclic) bond motifs is 2. The molecular formula is C48H43F4N17O7. The van der Waals surface area contributed by atoms with E-state index in [0.717, 1.165) is 0 Å². The highest BCUT2D eigenvalue weighted by atomic mass is 19.3. The van der Waals surface area contributed by atoms with Crippen LogP contribution in [0.3, 0.4) is 0 Å². The van der Waals surface area contributed by atoms with Crippen LogP contribution >= 0.6 is 0 Å². The van der Waals surface area contributed by atoms with E-state index in [1.165, 1.54) is 73.4 Å². The number of hydrogen-bond donors (Lipinski definition) is 3. The van der Waals surface area contributed by atoms with E-state index in [0.29, 0.717) is 73.1 Å². The molecule has 0 radical (unpaired) electrons. The number of nitrogens with two attached hydrogens (primary N) is 1. The van der Waals surface area contributed by atoms with Gasteiger partial charge in [0.1, 0.15) is 45.5 Å². The molecule has 0 aliphatic carbocycles. The Hall–Kier alpha value is -9.70. The van der Waals surface area contributed by atoms with Gasteiger partial charge in [0.05, 0.1) is 79.4 Å². The minimum Gasteiger partial charge on any atom is -0.454 e. The van der Waals surface area contributed by atoms with Crippen LogP contribution in [0.5, 0.6) is 34.5 Å². The second kappa shape index (κ2) is 21.8. The number of amides is 2. The van der Waals surface area contributed by atoms with Gasteiger partial charge in [0.2, 0.25) is 0 Å². The molecule has 1 aliphatic rings. The molecule has 0 bridgehead atoms. The van der Waals surface area contributed by atoms with Gasteiger partial charge in [-0.1, -0.05) is 0 Å². The standard InChI is InChI=1S/C25H22F2N8O4.C23H21F2N9O3/c1-33-12-20(31-24(36)19-9-30-35-6-2-5-28-23(19)35)22(32-33)18-7-16(3-4-21(18)39-25(26)27)38-17-8-29-34(11-17)10-15-13-37-14-15;1-32-13-18(30-22(35)17-11-29-34-7-2-6-27-21(17)34)20(31-32)16-9-14(3-4-19(16)37-23(24)25)36-15-10-28-33(12-15)8-5-26/h2-9,11-12,15,25H,10,13-14H2,1H3,(H,31,36);2-4,6-7,9-13,23H,5,8,26H2,1H3,(H,30,35). The summed E-state index contributed by atoms with van der Waals surface area (Å²) in [4.78, 5) is 34.6. The second-order valence-electron chi connectivity index (χ2n) is 16.7. The maximum atomic E-state index is 13.3. The molecule has 2 aromatic carbocycles. The third-order valence-corrected chi connectivity index (χ3v) is 11.2. The number of anilines is 2. The molecule has 11 rings (SSSR count). The van der Waals surface area contributed by atoms with E-state index in [4.69, 9.17) is 29.4 Å². The first-order chi connectivity index (χ1) is 36.8. The van der Waals surface area contributed by atoms with Crippen molar-refractivity contribution in [2.75, 3.05) is 30.4 Å². The zero-order chi connectivity index (χ0) is 52.9. The molecule has 0 unspecified atom stereocenters. The van der Waals surface area contributed by atoms with Gasteiger partial charge in [-0.25, -0.2) is 19.0 Å². The van der Waals surface area contributed by atoms with Crippen LogP contribution in [0.15, 0.2) is 123 Å².